The summed E-state index contributed by atoms with van der Waals surface area (Å²) < 4.78 is 5.17. The zero-order valence-electron chi connectivity index (χ0n) is 17.3. The standard InChI is InChI=1S/C22H17ClN4O5S/c1-32-17-8-6-12(23)10-15(17)16(28)7-9-18(29)24-22-26-25-19(33-22)11-27-20(30)13-4-2-3-5-14(13)21(27)31/h2-6,8,10H,7,9,11H2,1H3,(H,24,26,29). The molecule has 0 spiro atoms. The SMILES string of the molecule is COc1ccc(Cl)cc1C(=O)CCC(=O)Nc1nnc(CN2C(=O)c3ccccc3C2=O)s1. The van der Waals surface area contributed by atoms with E-state index in [-0.39, 0.29) is 30.3 Å². The van der Waals surface area contributed by atoms with E-state index in [9.17, 15) is 19.2 Å². The number of ketones is 1. The Morgan fingerprint density at radius 2 is 1.76 bits per heavy atom. The Kier molecular flexibility index (Phi) is 6.47. The van der Waals surface area contributed by atoms with E-state index in [1.165, 1.54) is 13.2 Å². The monoisotopic (exact) mass is 484 g/mol. The third-order valence-corrected chi connectivity index (χ3v) is 5.98. The van der Waals surface area contributed by atoms with E-state index in [0.29, 0.717) is 32.5 Å². The molecule has 0 bridgehead atoms. The maximum atomic E-state index is 12.5. The molecule has 0 radical (unpaired) electrons. The van der Waals surface area contributed by atoms with Crippen LogP contribution in [0, 0.1) is 0 Å². The van der Waals surface area contributed by atoms with Crippen molar-refractivity contribution >= 4 is 51.6 Å². The van der Waals surface area contributed by atoms with Crippen molar-refractivity contribution in [1.29, 1.82) is 0 Å². The third-order valence-electron chi connectivity index (χ3n) is 4.93. The zero-order valence-corrected chi connectivity index (χ0v) is 18.9. The molecule has 3 amide bonds. The highest BCUT2D eigenvalue weighted by atomic mass is 35.5. The molecule has 4 rings (SSSR count). The van der Waals surface area contributed by atoms with Gasteiger partial charge in [-0.3, -0.25) is 24.1 Å². The fraction of sp³-hybridized carbons (Fsp3) is 0.182. The van der Waals surface area contributed by atoms with Crippen LogP contribution < -0.4 is 10.1 Å². The number of aromatic nitrogens is 2. The third kappa shape index (κ3) is 4.76. The molecule has 0 aliphatic carbocycles. The number of carbonyl (C=O) groups is 4. The predicted molar refractivity (Wildman–Crippen MR) is 121 cm³/mol. The van der Waals surface area contributed by atoms with E-state index in [1.54, 1.807) is 36.4 Å². The summed E-state index contributed by atoms with van der Waals surface area (Å²) in [5.41, 5.74) is 1.00. The second-order valence-corrected chi connectivity index (χ2v) is 8.56. The molecule has 0 unspecified atom stereocenters. The minimum absolute atomic E-state index is 0.0487. The van der Waals surface area contributed by atoms with Gasteiger partial charge in [-0.05, 0) is 30.3 Å². The lowest BCUT2D eigenvalue weighted by atomic mass is 10.1. The summed E-state index contributed by atoms with van der Waals surface area (Å²) in [4.78, 5) is 50.8. The minimum atomic E-state index is -0.423. The molecule has 1 aliphatic rings. The largest absolute Gasteiger partial charge is 0.496 e. The van der Waals surface area contributed by atoms with Crippen LogP contribution in [0.5, 0.6) is 5.75 Å². The van der Waals surface area contributed by atoms with E-state index in [2.05, 4.69) is 15.5 Å². The Balaban J connectivity index is 1.33. The summed E-state index contributed by atoms with van der Waals surface area (Å²) >= 11 is 7.00. The highest BCUT2D eigenvalue weighted by Gasteiger charge is 2.35. The minimum Gasteiger partial charge on any atom is -0.496 e. The average molecular weight is 485 g/mol. The highest BCUT2D eigenvalue weighted by Crippen LogP contribution is 2.27. The zero-order chi connectivity index (χ0) is 23.5. The Hall–Kier alpha value is -3.63. The van der Waals surface area contributed by atoms with Crippen molar-refractivity contribution in [1.82, 2.24) is 15.1 Å². The van der Waals surface area contributed by atoms with Gasteiger partial charge in [0.25, 0.3) is 11.8 Å². The van der Waals surface area contributed by atoms with E-state index in [1.807, 2.05) is 0 Å². The molecule has 1 aromatic heterocycles. The van der Waals surface area contributed by atoms with Crippen LogP contribution in [-0.4, -0.2) is 45.7 Å². The van der Waals surface area contributed by atoms with E-state index >= 15 is 0 Å². The van der Waals surface area contributed by atoms with Crippen LogP contribution in [0.25, 0.3) is 0 Å². The number of amides is 3. The maximum Gasteiger partial charge on any atom is 0.261 e. The number of carbonyl (C=O) groups excluding carboxylic acids is 4. The quantitative estimate of drug-likeness (QED) is 0.383. The number of nitrogens with one attached hydrogen (secondary N) is 1. The summed E-state index contributed by atoms with van der Waals surface area (Å²) in [5, 5.41) is 11.4. The molecular formula is C22H17ClN4O5S. The Bertz CT molecular complexity index is 1240. The van der Waals surface area contributed by atoms with Crippen molar-refractivity contribution in [3.8, 4) is 5.75 Å². The molecule has 11 heteroatoms. The van der Waals surface area contributed by atoms with Crippen LogP contribution in [0.15, 0.2) is 42.5 Å². The normalized spacial score (nSPS) is 12.6. The molecule has 0 saturated carbocycles. The number of imide groups is 1. The number of anilines is 1. The predicted octanol–water partition coefficient (Wildman–Crippen LogP) is 3.60. The first-order valence-corrected chi connectivity index (χ1v) is 11.0. The molecule has 33 heavy (non-hydrogen) atoms. The van der Waals surface area contributed by atoms with E-state index in [0.717, 1.165) is 16.2 Å². The van der Waals surface area contributed by atoms with Gasteiger partial charge in [0.1, 0.15) is 10.8 Å². The van der Waals surface area contributed by atoms with Gasteiger partial charge >= 0.3 is 0 Å². The molecular weight excluding hydrogens is 468 g/mol. The van der Waals surface area contributed by atoms with Crippen LogP contribution in [0.1, 0.15) is 48.9 Å². The lowest BCUT2D eigenvalue weighted by molar-refractivity contribution is -0.116. The number of ether oxygens (including phenoxy) is 1. The summed E-state index contributed by atoms with van der Waals surface area (Å²) in [6.07, 6.45) is -0.134. The number of rotatable bonds is 8. The van der Waals surface area contributed by atoms with E-state index in [4.69, 9.17) is 16.3 Å². The van der Waals surface area contributed by atoms with Crippen molar-refractivity contribution in [2.24, 2.45) is 0 Å². The highest BCUT2D eigenvalue weighted by molar-refractivity contribution is 7.15. The molecule has 168 valence electrons. The summed E-state index contributed by atoms with van der Waals surface area (Å²) in [6, 6.07) is 11.3. The molecule has 9 nitrogen and oxygen atoms in total. The molecule has 0 atom stereocenters. The number of benzene rings is 2. The number of nitrogens with zero attached hydrogens (tertiary/aromatic N) is 3. The summed E-state index contributed by atoms with van der Waals surface area (Å²) in [6.45, 7) is -0.0487. The van der Waals surface area contributed by atoms with Crippen LogP contribution in [0.4, 0.5) is 5.13 Å². The van der Waals surface area contributed by atoms with Crippen LogP contribution in [0.3, 0.4) is 0 Å². The van der Waals surface area contributed by atoms with Crippen molar-refractivity contribution < 1.29 is 23.9 Å². The smallest absolute Gasteiger partial charge is 0.261 e. The number of fused-ring (bicyclic) bond motifs is 1. The van der Waals surface area contributed by atoms with Crippen molar-refractivity contribution in [2.75, 3.05) is 12.4 Å². The van der Waals surface area contributed by atoms with Gasteiger partial charge in [-0.25, -0.2) is 0 Å². The van der Waals surface area contributed by atoms with E-state index < -0.39 is 17.7 Å². The first kappa shape index (κ1) is 22.6. The molecule has 1 N–H and O–H groups in total. The topological polar surface area (TPSA) is 119 Å². The average Bonchev–Trinajstić information content (AvgIpc) is 3.35. The van der Waals surface area contributed by atoms with Gasteiger partial charge in [-0.1, -0.05) is 35.1 Å². The van der Waals surface area contributed by atoms with Crippen molar-refractivity contribution in [3.63, 3.8) is 0 Å². The Morgan fingerprint density at radius 3 is 2.42 bits per heavy atom. The van der Waals surface area contributed by atoms with Gasteiger partial charge < -0.3 is 10.1 Å². The number of Topliss-reactive ketones (excluding diaryl/α,β-unsaturated/α-hetero) is 1. The van der Waals surface area contributed by atoms with Gasteiger partial charge in [0.2, 0.25) is 11.0 Å². The summed E-state index contributed by atoms with van der Waals surface area (Å²) in [7, 11) is 1.45. The number of hydrogen-bond donors (Lipinski definition) is 1. The molecule has 1 aliphatic heterocycles. The second kappa shape index (κ2) is 9.47. The van der Waals surface area contributed by atoms with Gasteiger partial charge in [0.15, 0.2) is 5.78 Å². The molecule has 2 aromatic carbocycles. The fourth-order valence-corrected chi connectivity index (χ4v) is 4.24. The van der Waals surface area contributed by atoms with Crippen LogP contribution in [-0.2, 0) is 11.3 Å². The second-order valence-electron chi connectivity index (χ2n) is 7.06. The molecule has 0 saturated heterocycles. The Labute approximate surface area is 197 Å². The molecule has 0 fully saturated rings. The number of halogens is 1. The first-order chi connectivity index (χ1) is 15.9. The van der Waals surface area contributed by atoms with Gasteiger partial charge in [-0.15, -0.1) is 10.2 Å². The fourth-order valence-electron chi connectivity index (χ4n) is 3.33. The van der Waals surface area contributed by atoms with Crippen molar-refractivity contribution in [2.45, 2.75) is 19.4 Å². The Morgan fingerprint density at radius 1 is 1.06 bits per heavy atom. The maximum absolute atomic E-state index is 12.5. The molecule has 2 heterocycles. The lowest BCUT2D eigenvalue weighted by Crippen LogP contribution is -2.29. The van der Waals surface area contributed by atoms with Crippen LogP contribution in [0.2, 0.25) is 5.02 Å². The van der Waals surface area contributed by atoms with Gasteiger partial charge in [0.05, 0.1) is 30.3 Å². The summed E-state index contributed by atoms with van der Waals surface area (Å²) in [5.74, 6) is -1.12. The number of methoxy groups -OCH3 is 1. The van der Waals surface area contributed by atoms with Gasteiger partial charge in [0, 0.05) is 17.9 Å². The van der Waals surface area contributed by atoms with Gasteiger partial charge in [-0.2, -0.15) is 0 Å². The molecule has 3 aromatic rings. The first-order valence-electron chi connectivity index (χ1n) is 9.81. The van der Waals surface area contributed by atoms with Crippen LogP contribution >= 0.6 is 22.9 Å². The van der Waals surface area contributed by atoms with Crippen molar-refractivity contribution in [3.05, 3.63) is 69.2 Å². The number of hydrogen-bond acceptors (Lipinski definition) is 8. The lowest BCUT2D eigenvalue weighted by Gasteiger charge is -2.10.